The maximum atomic E-state index is 9.38. The van der Waals surface area contributed by atoms with Crippen LogP contribution >= 0.6 is 0 Å². The molecule has 47 heavy (non-hydrogen) atoms. The third-order valence-corrected chi connectivity index (χ3v) is 14.2. The first kappa shape index (κ1) is 63.9. The average molecular weight is 1180 g/mol. The van der Waals surface area contributed by atoms with Crippen molar-refractivity contribution >= 4 is 0 Å². The Hall–Kier alpha value is 1.89. The number of hydrogen-bond acceptors (Lipinski definition) is 35. The Bertz CT molecular complexity index is 1530. The van der Waals surface area contributed by atoms with Gasteiger partial charge >= 0.3 is 268 Å². The van der Waals surface area contributed by atoms with Crippen LogP contribution < -0.4 is 41.6 Å². The Morgan fingerprint density at radius 1 is 0.191 bits per heavy atom. The summed E-state index contributed by atoms with van der Waals surface area (Å²) in [6.07, 6.45) is 0. The Morgan fingerprint density at radius 2 is 0.234 bits per heavy atom. The molecule has 0 unspecified atom stereocenters. The van der Waals surface area contributed by atoms with Gasteiger partial charge in [-0.3, -0.25) is 0 Å². The zero-order valence-electron chi connectivity index (χ0n) is 19.3. The van der Waals surface area contributed by atoms with Gasteiger partial charge in [0.2, 0.25) is 0 Å². The zero-order chi connectivity index (χ0) is 38.5. The minimum Gasteiger partial charge on any atom is 0 e. The van der Waals surface area contributed by atoms with E-state index in [1.807, 2.05) is 0 Å². The van der Waals surface area contributed by atoms with Gasteiger partial charge in [-0.15, -0.1) is 0 Å². The minimum absolute atomic E-state index is 0. The van der Waals surface area contributed by atoms with Crippen LogP contribution in [0, 0.1) is 0 Å². The van der Waals surface area contributed by atoms with E-state index in [0.29, 0.717) is 0 Å². The molecule has 0 saturated carbocycles. The van der Waals surface area contributed by atoms with Gasteiger partial charge < -0.3 is 0 Å². The Labute approximate surface area is 301 Å². The van der Waals surface area contributed by atoms with Crippen molar-refractivity contribution in [1.29, 1.82) is 0 Å². The predicted octanol–water partition coefficient (Wildman–Crippen LogP) is -14.6. The van der Waals surface area contributed by atoms with Crippen LogP contribution in [0.1, 0.15) is 0 Å². The van der Waals surface area contributed by atoms with Crippen LogP contribution in [0.25, 0.3) is 0 Å². The van der Waals surface area contributed by atoms with Crippen molar-refractivity contribution in [3.63, 3.8) is 0 Å². The first-order valence-electron chi connectivity index (χ1n) is 6.67. The standard InChI is InChI=1S/10Cr.35O.2V/q;;;;;;;;;;;;;;;;;;;;;;;;;;;;;;;;;;;10*-1;;. The van der Waals surface area contributed by atoms with E-state index in [1.165, 1.54) is 0 Å². The Morgan fingerprint density at radius 3 is 0.234 bits per heavy atom. The second-order valence-electron chi connectivity index (χ2n) is 4.42. The second kappa shape index (κ2) is 23.5. The number of rotatable bonds is 10. The normalized spacial score (nSPS) is 13.0. The van der Waals surface area contributed by atoms with Gasteiger partial charge in [-0.2, -0.15) is 0 Å². The van der Waals surface area contributed by atoms with E-state index in [0.717, 1.165) is 0 Å². The molecule has 0 fully saturated rings. The minimum atomic E-state index is -6.07. The summed E-state index contributed by atoms with van der Waals surface area (Å²) in [5.74, 6) is 0. The van der Waals surface area contributed by atoms with Crippen molar-refractivity contribution < 1.29 is 305 Å². The summed E-state index contributed by atoms with van der Waals surface area (Å²) in [6, 6.07) is 0. The van der Waals surface area contributed by atoms with E-state index >= 15 is 0 Å². The quantitative estimate of drug-likeness (QED) is 0.196. The molecule has 0 aromatic rings. The van der Waals surface area contributed by atoms with Crippen LogP contribution in [0.4, 0.5) is 0 Å². The molecule has 0 N–H and O–H groups in total. The zero-order valence-corrected chi connectivity index (χ0v) is 34.8. The first-order chi connectivity index (χ1) is 18.5. The molecule has 0 aliphatic heterocycles. The van der Waals surface area contributed by atoms with Gasteiger partial charge in [-0.1, -0.05) is 0 Å². The molecule has 0 rings (SSSR count). The summed E-state index contributed by atoms with van der Waals surface area (Å²) in [5, 5.41) is 0. The molecule has 290 valence electrons. The van der Waals surface area contributed by atoms with E-state index < -0.39 is 136 Å². The van der Waals surface area contributed by atoms with E-state index in [9.17, 15) is 118 Å². The van der Waals surface area contributed by atoms with Crippen LogP contribution in [0.5, 0.6) is 0 Å². The van der Waals surface area contributed by atoms with Gasteiger partial charge in [0.15, 0.2) is 0 Å². The number of hydrogen-bond donors (Lipinski definition) is 0. The molecule has 0 bridgehead atoms. The summed E-state index contributed by atoms with van der Waals surface area (Å²) in [7, 11) is 0. The molecule has 0 heterocycles. The van der Waals surface area contributed by atoms with Gasteiger partial charge in [-0.25, -0.2) is 0 Å². The van der Waals surface area contributed by atoms with Crippen molar-refractivity contribution in [2.24, 2.45) is 0 Å². The summed E-state index contributed by atoms with van der Waals surface area (Å²) < 4.78 is 294. The molecule has 0 amide bonds. The van der Waals surface area contributed by atoms with E-state index in [2.05, 4.69) is 14.2 Å². The smallest absolute Gasteiger partial charge is 0 e. The molecule has 0 spiro atoms. The fourth-order valence-electron chi connectivity index (χ4n) is 0.510. The van der Waals surface area contributed by atoms with Crippen LogP contribution in [0.15, 0.2) is 0 Å². The van der Waals surface area contributed by atoms with Gasteiger partial charge in [0, 0.05) is 37.1 Å². The molecule has 0 aliphatic carbocycles. The largest absolute Gasteiger partial charge is 0 e. The molecular weight excluding hydrogens is 1180 g/mol. The SMILES string of the molecule is [O]=[Cr](=[O])([O-])[O][Cr](=[O])(=[O])[O-].[O]=[Cr](=[O])([O-])[O][Cr](=[O])(=[O])[O-].[O]=[Cr](=[O])([O-])[O][Cr](=[O])(=[O])[O-].[O]=[Cr](=[O])([O-])[O][Cr](=[O])(=[O])[O-].[O]=[Cr](=[O])([O-])[O][Cr](=[O])(=[O])[O-].[V].[V]. The van der Waals surface area contributed by atoms with Gasteiger partial charge in [0.1, 0.15) is 0 Å². The third-order valence-electron chi connectivity index (χ3n) is 0.833. The molecule has 35 nitrogen and oxygen atoms in total. The summed E-state index contributed by atoms with van der Waals surface area (Å²) in [5.41, 5.74) is 0. The van der Waals surface area contributed by atoms with E-state index in [-0.39, 0.29) is 37.1 Å². The molecule has 47 heteroatoms. The van der Waals surface area contributed by atoms with E-state index in [4.69, 9.17) is 0 Å². The Kier molecular flexibility index (Phi) is 32.0. The fraction of sp³-hybridized carbons (Fsp3) is 0. The van der Waals surface area contributed by atoms with Crippen LogP contribution in [-0.2, 0) is 264 Å². The van der Waals surface area contributed by atoms with Gasteiger partial charge in [0.25, 0.3) is 0 Å². The fourth-order valence-corrected chi connectivity index (χ4v) is 8.68. The molecule has 2 radical (unpaired) electrons. The molecule has 0 aromatic heterocycles. The van der Waals surface area contributed by atoms with Gasteiger partial charge in [0.05, 0.1) is 0 Å². The van der Waals surface area contributed by atoms with Crippen LogP contribution in [0.3, 0.4) is 0 Å². The van der Waals surface area contributed by atoms with Crippen LogP contribution in [-0.4, -0.2) is 0 Å². The van der Waals surface area contributed by atoms with Crippen LogP contribution in [0.2, 0.25) is 0 Å². The van der Waals surface area contributed by atoms with E-state index in [1.54, 1.807) is 0 Å². The predicted molar refractivity (Wildman–Crippen MR) is 19.2 cm³/mol. The first-order valence-corrected chi connectivity index (χ1v) is 27.5. The summed E-state index contributed by atoms with van der Waals surface area (Å²) in [6.45, 7) is 0. The Balaban J connectivity index is -0.0000000842. The maximum Gasteiger partial charge on any atom is 0 e. The molecule has 0 aliphatic rings. The summed E-state index contributed by atoms with van der Waals surface area (Å²) in [4.78, 5) is 0. The maximum absolute atomic E-state index is 9.38. The summed E-state index contributed by atoms with van der Waals surface area (Å²) >= 11 is -60.7. The molecule has 0 saturated heterocycles. The molecule has 0 atom stereocenters. The monoisotopic (exact) mass is 1180 g/mol. The van der Waals surface area contributed by atoms with Crippen molar-refractivity contribution in [1.82, 2.24) is 0 Å². The van der Waals surface area contributed by atoms with Crippen molar-refractivity contribution in [3.05, 3.63) is 0 Å². The second-order valence-corrected chi connectivity index (χ2v) is 22.6. The topological polar surface area (TPSA) is 618 Å². The third kappa shape index (κ3) is 99.2. The molecular formula is Cr10O35V2-10. The molecule has 0 aromatic carbocycles. The van der Waals surface area contributed by atoms with Crippen molar-refractivity contribution in [3.8, 4) is 0 Å². The average Bonchev–Trinajstić information content (AvgIpc) is 2.36. The van der Waals surface area contributed by atoms with Crippen molar-refractivity contribution in [2.75, 3.05) is 0 Å². The van der Waals surface area contributed by atoms with Gasteiger partial charge in [-0.05, 0) is 0 Å². The van der Waals surface area contributed by atoms with Crippen molar-refractivity contribution in [2.45, 2.75) is 0 Å².